The zero-order valence-electron chi connectivity index (χ0n) is 10.8. The first-order valence-corrected chi connectivity index (χ1v) is 6.83. The summed E-state index contributed by atoms with van der Waals surface area (Å²) in [6.45, 7) is 2.25. The average Bonchev–Trinajstić information content (AvgIpc) is 2.79. The van der Waals surface area contributed by atoms with Crippen LogP contribution in [0.3, 0.4) is 0 Å². The van der Waals surface area contributed by atoms with Crippen LogP contribution in [0.1, 0.15) is 31.7 Å². The molecule has 0 fully saturated rings. The molecule has 91 valence electrons. The highest BCUT2D eigenvalue weighted by molar-refractivity contribution is 5.91. The third-order valence-corrected chi connectivity index (χ3v) is 3.60. The highest BCUT2D eigenvalue weighted by Crippen LogP contribution is 2.44. The Morgan fingerprint density at radius 2 is 1.72 bits per heavy atom. The highest BCUT2D eigenvalue weighted by Gasteiger charge is 2.21. The van der Waals surface area contributed by atoms with Crippen molar-refractivity contribution >= 4 is 11.4 Å². The van der Waals surface area contributed by atoms with Gasteiger partial charge >= 0.3 is 0 Å². The van der Waals surface area contributed by atoms with Gasteiger partial charge in [-0.25, -0.2) is 5.32 Å². The number of nitrogens with zero attached hydrogens (tertiary/aromatic N) is 1. The second kappa shape index (κ2) is 4.85. The largest absolute Gasteiger partial charge is 0.247 e. The van der Waals surface area contributed by atoms with E-state index in [0.29, 0.717) is 0 Å². The van der Waals surface area contributed by atoms with Crippen molar-refractivity contribution in [1.29, 1.82) is 0 Å². The average molecular weight is 236 g/mol. The lowest BCUT2D eigenvalue weighted by Gasteiger charge is -2.06. The van der Waals surface area contributed by atoms with Crippen LogP contribution in [0.2, 0.25) is 0 Å². The maximum absolute atomic E-state index is 4.79. The van der Waals surface area contributed by atoms with Gasteiger partial charge in [-0.3, -0.25) is 0 Å². The van der Waals surface area contributed by atoms with Crippen molar-refractivity contribution in [3.8, 4) is 11.1 Å². The molecule has 18 heavy (non-hydrogen) atoms. The van der Waals surface area contributed by atoms with Crippen molar-refractivity contribution in [3.05, 3.63) is 48.0 Å². The minimum Gasteiger partial charge on any atom is -0.247 e. The number of hydrogen-bond acceptors (Lipinski definition) is 0. The van der Waals surface area contributed by atoms with Crippen LogP contribution in [0.5, 0.6) is 0 Å². The van der Waals surface area contributed by atoms with Gasteiger partial charge in [0.2, 0.25) is 0 Å². The maximum atomic E-state index is 4.79. The smallest absolute Gasteiger partial charge is 0.0748 e. The summed E-state index contributed by atoms with van der Waals surface area (Å²) in [5.41, 5.74) is 6.31. The van der Waals surface area contributed by atoms with Gasteiger partial charge in [-0.2, -0.15) is 0 Å². The van der Waals surface area contributed by atoms with Crippen molar-refractivity contribution < 1.29 is 0 Å². The molecule has 0 N–H and O–H groups in total. The molecule has 0 bridgehead atoms. The number of rotatable bonds is 4. The van der Waals surface area contributed by atoms with Crippen LogP contribution in [0, 0.1) is 0 Å². The summed E-state index contributed by atoms with van der Waals surface area (Å²) in [7, 11) is 0. The predicted octanol–water partition coefficient (Wildman–Crippen LogP) is 4.97. The summed E-state index contributed by atoms with van der Waals surface area (Å²) in [6.07, 6.45) is 4.98. The molecule has 1 radical (unpaired) electrons. The minimum atomic E-state index is 1.12. The number of unbranched alkanes of at least 4 members (excludes halogenated alkanes) is 2. The van der Waals surface area contributed by atoms with E-state index in [0.717, 1.165) is 12.1 Å². The molecule has 2 aromatic carbocycles. The second-order valence-electron chi connectivity index (χ2n) is 4.90. The van der Waals surface area contributed by atoms with Gasteiger partial charge in [0.25, 0.3) is 0 Å². The van der Waals surface area contributed by atoms with Crippen LogP contribution in [-0.2, 0) is 6.42 Å². The van der Waals surface area contributed by atoms with Crippen LogP contribution in [-0.4, -0.2) is 0 Å². The van der Waals surface area contributed by atoms with Gasteiger partial charge < -0.3 is 0 Å². The fraction of sp³-hybridized carbons (Fsp3) is 0.294. The number of fused-ring (bicyclic) bond motifs is 3. The van der Waals surface area contributed by atoms with Crippen molar-refractivity contribution in [2.45, 2.75) is 32.6 Å². The standard InChI is InChI=1S/C17H18N/c1-2-3-4-8-13-9-7-11-15-14-10-5-6-12-16(14)18-17(13)15/h5-7,9-12H,2-4,8H2,1H3. The topological polar surface area (TPSA) is 14.1 Å². The Balaban J connectivity index is 1.93. The maximum Gasteiger partial charge on any atom is 0.0748 e. The summed E-state index contributed by atoms with van der Waals surface area (Å²) in [6, 6.07) is 15.0. The third-order valence-electron chi connectivity index (χ3n) is 3.60. The van der Waals surface area contributed by atoms with E-state index in [4.69, 9.17) is 5.32 Å². The molecule has 0 saturated carbocycles. The summed E-state index contributed by atoms with van der Waals surface area (Å²) >= 11 is 0. The van der Waals surface area contributed by atoms with Gasteiger partial charge in [-0.05, 0) is 24.5 Å². The van der Waals surface area contributed by atoms with E-state index in [9.17, 15) is 0 Å². The van der Waals surface area contributed by atoms with E-state index in [-0.39, 0.29) is 0 Å². The van der Waals surface area contributed by atoms with E-state index in [1.165, 1.54) is 41.6 Å². The van der Waals surface area contributed by atoms with Crippen molar-refractivity contribution in [2.24, 2.45) is 0 Å². The Hall–Kier alpha value is -1.76. The van der Waals surface area contributed by atoms with Gasteiger partial charge in [0.05, 0.1) is 11.4 Å². The molecule has 1 aliphatic rings. The Morgan fingerprint density at radius 1 is 0.889 bits per heavy atom. The Morgan fingerprint density at radius 3 is 2.61 bits per heavy atom. The van der Waals surface area contributed by atoms with Gasteiger partial charge in [0, 0.05) is 11.1 Å². The van der Waals surface area contributed by atoms with Crippen LogP contribution in [0.15, 0.2) is 42.5 Å². The summed E-state index contributed by atoms with van der Waals surface area (Å²) in [5.74, 6) is 0. The minimum absolute atomic E-state index is 1.12. The Bertz CT molecular complexity index is 557. The molecule has 3 rings (SSSR count). The molecule has 1 heteroatoms. The summed E-state index contributed by atoms with van der Waals surface area (Å²) in [4.78, 5) is 0. The molecular formula is C17H18N. The van der Waals surface area contributed by atoms with Crippen molar-refractivity contribution in [3.63, 3.8) is 0 Å². The first kappa shape index (κ1) is 11.3. The molecule has 1 aliphatic heterocycles. The lowest BCUT2D eigenvalue weighted by atomic mass is 10.00. The van der Waals surface area contributed by atoms with Crippen LogP contribution in [0.25, 0.3) is 11.1 Å². The van der Waals surface area contributed by atoms with Crippen LogP contribution >= 0.6 is 0 Å². The molecular weight excluding hydrogens is 218 g/mol. The van der Waals surface area contributed by atoms with E-state index in [2.05, 4.69) is 49.4 Å². The molecule has 0 spiro atoms. The van der Waals surface area contributed by atoms with E-state index in [1.807, 2.05) is 0 Å². The number of aryl methyl sites for hydroxylation is 1. The lowest BCUT2D eigenvalue weighted by molar-refractivity contribution is 0.717. The number of hydrogen-bond donors (Lipinski definition) is 0. The molecule has 0 unspecified atom stereocenters. The van der Waals surface area contributed by atoms with Crippen molar-refractivity contribution in [2.75, 3.05) is 0 Å². The molecule has 0 saturated heterocycles. The molecule has 1 heterocycles. The van der Waals surface area contributed by atoms with Gasteiger partial charge in [0.15, 0.2) is 0 Å². The van der Waals surface area contributed by atoms with E-state index < -0.39 is 0 Å². The fourth-order valence-corrected chi connectivity index (χ4v) is 2.63. The quantitative estimate of drug-likeness (QED) is 0.568. The first-order valence-electron chi connectivity index (χ1n) is 6.83. The fourth-order valence-electron chi connectivity index (χ4n) is 2.63. The zero-order valence-corrected chi connectivity index (χ0v) is 10.8. The Labute approximate surface area is 109 Å². The van der Waals surface area contributed by atoms with Gasteiger partial charge in [-0.1, -0.05) is 56.2 Å². The third kappa shape index (κ3) is 1.90. The zero-order chi connectivity index (χ0) is 12.4. The molecule has 1 nitrogen and oxygen atoms in total. The van der Waals surface area contributed by atoms with Crippen LogP contribution < -0.4 is 5.32 Å². The molecule has 0 aromatic heterocycles. The molecule has 0 aliphatic carbocycles. The molecule has 0 amide bonds. The molecule has 0 atom stereocenters. The Kier molecular flexibility index (Phi) is 3.06. The number of benzene rings is 2. The molecule has 2 aromatic rings. The number of para-hydroxylation sites is 2. The van der Waals surface area contributed by atoms with E-state index in [1.54, 1.807) is 0 Å². The van der Waals surface area contributed by atoms with Crippen molar-refractivity contribution in [1.82, 2.24) is 5.32 Å². The highest BCUT2D eigenvalue weighted by atomic mass is 14.9. The normalized spacial score (nSPS) is 11.8. The van der Waals surface area contributed by atoms with Gasteiger partial charge in [-0.15, -0.1) is 0 Å². The SMILES string of the molecule is CCCCCc1cccc2c1[N]c1ccccc1-2. The summed E-state index contributed by atoms with van der Waals surface area (Å²) < 4.78 is 0. The second-order valence-corrected chi connectivity index (χ2v) is 4.90. The predicted molar refractivity (Wildman–Crippen MR) is 76.6 cm³/mol. The first-order chi connectivity index (χ1) is 8.90. The van der Waals surface area contributed by atoms with Crippen LogP contribution in [0.4, 0.5) is 11.4 Å². The van der Waals surface area contributed by atoms with E-state index >= 15 is 0 Å². The lowest BCUT2D eigenvalue weighted by Crippen LogP contribution is -1.92. The monoisotopic (exact) mass is 236 g/mol. The summed E-state index contributed by atoms with van der Waals surface area (Å²) in [5, 5.41) is 4.79. The van der Waals surface area contributed by atoms with Gasteiger partial charge in [0.1, 0.15) is 0 Å².